The normalized spacial score (nSPS) is 11.6. The van der Waals surface area contributed by atoms with E-state index in [2.05, 4.69) is 0 Å². The first-order valence-corrected chi connectivity index (χ1v) is 9.07. The predicted octanol–water partition coefficient (Wildman–Crippen LogP) is 6.48. The Balaban J connectivity index is 1.45. The lowest BCUT2D eigenvalue weighted by atomic mass is 10.1. The molecule has 4 aromatic carbocycles. The van der Waals surface area contributed by atoms with Gasteiger partial charge in [-0.2, -0.15) is 0 Å². The maximum atomic E-state index is 13.0. The fourth-order valence-electron chi connectivity index (χ4n) is 3.41. The minimum Gasteiger partial charge on any atom is -0.457 e. The van der Waals surface area contributed by atoms with Crippen LogP contribution in [0.25, 0.3) is 11.1 Å². The van der Waals surface area contributed by atoms with Crippen molar-refractivity contribution in [2.24, 2.45) is 0 Å². The highest BCUT2D eigenvalue weighted by Gasteiger charge is 2.27. The monoisotopic (exact) mass is 364 g/mol. The number of para-hydroxylation sites is 2. The van der Waals surface area contributed by atoms with Crippen molar-refractivity contribution in [2.75, 3.05) is 0 Å². The fourth-order valence-corrected chi connectivity index (χ4v) is 3.41. The molecule has 3 heteroatoms. The maximum Gasteiger partial charge on any atom is 0.194 e. The third-order valence-corrected chi connectivity index (χ3v) is 4.72. The van der Waals surface area contributed by atoms with Crippen LogP contribution in [0.15, 0.2) is 97.1 Å². The van der Waals surface area contributed by atoms with Crippen LogP contribution in [0.2, 0.25) is 0 Å². The first-order chi connectivity index (χ1) is 13.8. The quantitative estimate of drug-likeness (QED) is 0.366. The van der Waals surface area contributed by atoms with E-state index in [1.54, 1.807) is 0 Å². The average Bonchev–Trinajstić information content (AvgIpc) is 3.01. The molecule has 0 radical (unpaired) electrons. The maximum absolute atomic E-state index is 13.0. The molecule has 0 saturated carbocycles. The zero-order valence-electron chi connectivity index (χ0n) is 15.0. The Morgan fingerprint density at radius 2 is 0.857 bits per heavy atom. The van der Waals surface area contributed by atoms with Crippen molar-refractivity contribution in [2.45, 2.75) is 0 Å². The van der Waals surface area contributed by atoms with Gasteiger partial charge in [-0.1, -0.05) is 36.4 Å². The number of benzene rings is 4. The van der Waals surface area contributed by atoms with Crippen molar-refractivity contribution in [3.63, 3.8) is 0 Å². The summed E-state index contributed by atoms with van der Waals surface area (Å²) in [7, 11) is 0. The molecule has 0 spiro atoms. The van der Waals surface area contributed by atoms with Gasteiger partial charge in [-0.05, 0) is 71.8 Å². The first kappa shape index (κ1) is 16.3. The molecule has 0 fully saturated rings. The lowest BCUT2D eigenvalue weighted by Crippen LogP contribution is -1.96. The Morgan fingerprint density at radius 1 is 0.429 bits per heavy atom. The van der Waals surface area contributed by atoms with E-state index < -0.39 is 0 Å². The summed E-state index contributed by atoms with van der Waals surface area (Å²) in [4.78, 5) is 13.0. The van der Waals surface area contributed by atoms with Crippen LogP contribution in [0.5, 0.6) is 23.0 Å². The number of carbonyl (C=O) groups is 1. The molecular formula is C25H16O3. The van der Waals surface area contributed by atoms with E-state index in [1.807, 2.05) is 97.1 Å². The number of hydrogen-bond donors (Lipinski definition) is 0. The van der Waals surface area contributed by atoms with Crippen LogP contribution < -0.4 is 9.47 Å². The van der Waals surface area contributed by atoms with Crippen molar-refractivity contribution in [3.05, 3.63) is 108 Å². The minimum atomic E-state index is -0.0120. The second-order valence-corrected chi connectivity index (χ2v) is 6.57. The van der Waals surface area contributed by atoms with Gasteiger partial charge in [0, 0.05) is 11.1 Å². The van der Waals surface area contributed by atoms with Gasteiger partial charge in [-0.3, -0.25) is 4.79 Å². The van der Waals surface area contributed by atoms with E-state index in [0.717, 1.165) is 22.6 Å². The van der Waals surface area contributed by atoms with Crippen molar-refractivity contribution >= 4 is 5.78 Å². The zero-order chi connectivity index (χ0) is 18.9. The van der Waals surface area contributed by atoms with E-state index in [4.69, 9.17) is 9.47 Å². The zero-order valence-corrected chi connectivity index (χ0v) is 15.0. The van der Waals surface area contributed by atoms with E-state index in [-0.39, 0.29) is 5.78 Å². The van der Waals surface area contributed by atoms with Gasteiger partial charge in [0.25, 0.3) is 0 Å². The van der Waals surface area contributed by atoms with Gasteiger partial charge in [-0.15, -0.1) is 0 Å². The average molecular weight is 364 g/mol. The van der Waals surface area contributed by atoms with E-state index in [1.165, 1.54) is 0 Å². The second kappa shape index (κ2) is 6.71. The molecule has 0 saturated heterocycles. The van der Waals surface area contributed by atoms with Crippen LogP contribution in [-0.2, 0) is 0 Å². The summed E-state index contributed by atoms with van der Waals surface area (Å²) < 4.78 is 11.8. The van der Waals surface area contributed by atoms with Gasteiger partial charge in [0.15, 0.2) is 5.78 Å². The fraction of sp³-hybridized carbons (Fsp3) is 0. The lowest BCUT2D eigenvalue weighted by Gasteiger charge is -2.07. The van der Waals surface area contributed by atoms with Gasteiger partial charge >= 0.3 is 0 Å². The first-order valence-electron chi connectivity index (χ1n) is 9.07. The SMILES string of the molecule is O=C1c2cc(Oc3ccccc3)ccc2-c2ccc(Oc3ccccc3)cc21. The largest absolute Gasteiger partial charge is 0.457 e. The Hall–Kier alpha value is -3.85. The van der Waals surface area contributed by atoms with Crippen LogP contribution >= 0.6 is 0 Å². The van der Waals surface area contributed by atoms with Crippen molar-refractivity contribution in [1.82, 2.24) is 0 Å². The summed E-state index contributed by atoms with van der Waals surface area (Å²) in [6.07, 6.45) is 0. The van der Waals surface area contributed by atoms with Crippen molar-refractivity contribution in [3.8, 4) is 34.1 Å². The summed E-state index contributed by atoms with van der Waals surface area (Å²) in [5.74, 6) is 2.76. The number of rotatable bonds is 4. The number of carbonyl (C=O) groups excluding carboxylic acids is 1. The third kappa shape index (κ3) is 2.93. The topological polar surface area (TPSA) is 35.5 Å². The molecule has 134 valence electrons. The minimum absolute atomic E-state index is 0.0120. The number of fused-ring (bicyclic) bond motifs is 3. The molecule has 0 aromatic heterocycles. The molecule has 0 atom stereocenters. The van der Waals surface area contributed by atoms with Crippen LogP contribution in [0.1, 0.15) is 15.9 Å². The Kier molecular flexibility index (Phi) is 3.91. The number of ether oxygens (including phenoxy) is 2. The van der Waals surface area contributed by atoms with E-state index in [9.17, 15) is 4.79 Å². The highest BCUT2D eigenvalue weighted by molar-refractivity contribution is 6.22. The predicted molar refractivity (Wildman–Crippen MR) is 108 cm³/mol. The molecular weight excluding hydrogens is 348 g/mol. The molecule has 1 aliphatic carbocycles. The number of hydrogen-bond acceptors (Lipinski definition) is 3. The summed E-state index contributed by atoms with van der Waals surface area (Å²) in [5, 5.41) is 0. The molecule has 4 aromatic rings. The van der Waals surface area contributed by atoms with Gasteiger partial charge in [-0.25, -0.2) is 0 Å². The molecule has 0 unspecified atom stereocenters. The summed E-state index contributed by atoms with van der Waals surface area (Å²) in [6.45, 7) is 0. The highest BCUT2D eigenvalue weighted by atomic mass is 16.5. The standard InChI is InChI=1S/C25H16O3/c26-25-23-15-19(27-17-7-3-1-4-8-17)11-13-21(23)22-14-12-20(16-24(22)25)28-18-9-5-2-6-10-18/h1-16H. The Morgan fingerprint density at radius 3 is 1.29 bits per heavy atom. The highest BCUT2D eigenvalue weighted by Crippen LogP contribution is 2.41. The molecule has 1 aliphatic rings. The Bertz CT molecular complexity index is 1070. The molecule has 0 amide bonds. The number of ketones is 1. The molecule has 0 N–H and O–H groups in total. The molecule has 3 nitrogen and oxygen atoms in total. The molecule has 0 heterocycles. The second-order valence-electron chi connectivity index (χ2n) is 6.57. The van der Waals surface area contributed by atoms with Crippen LogP contribution in [-0.4, -0.2) is 5.78 Å². The third-order valence-electron chi connectivity index (χ3n) is 4.72. The lowest BCUT2D eigenvalue weighted by molar-refractivity contribution is 0.104. The van der Waals surface area contributed by atoms with E-state index in [0.29, 0.717) is 22.6 Å². The van der Waals surface area contributed by atoms with Gasteiger partial charge < -0.3 is 9.47 Å². The summed E-state index contributed by atoms with van der Waals surface area (Å²) in [5.41, 5.74) is 3.15. The molecule has 28 heavy (non-hydrogen) atoms. The van der Waals surface area contributed by atoms with Gasteiger partial charge in [0.1, 0.15) is 23.0 Å². The van der Waals surface area contributed by atoms with Gasteiger partial charge in [0.05, 0.1) is 0 Å². The molecule has 5 rings (SSSR count). The van der Waals surface area contributed by atoms with E-state index >= 15 is 0 Å². The Labute approximate surface area is 162 Å². The van der Waals surface area contributed by atoms with Crippen LogP contribution in [0.4, 0.5) is 0 Å². The molecule has 0 aliphatic heterocycles. The summed E-state index contributed by atoms with van der Waals surface area (Å²) in [6, 6.07) is 30.4. The molecule has 0 bridgehead atoms. The van der Waals surface area contributed by atoms with Crippen molar-refractivity contribution < 1.29 is 14.3 Å². The van der Waals surface area contributed by atoms with Crippen LogP contribution in [0.3, 0.4) is 0 Å². The summed E-state index contributed by atoms with van der Waals surface area (Å²) >= 11 is 0. The smallest absolute Gasteiger partial charge is 0.194 e. The van der Waals surface area contributed by atoms with Crippen LogP contribution in [0, 0.1) is 0 Å². The van der Waals surface area contributed by atoms with Gasteiger partial charge in [0.2, 0.25) is 0 Å². The van der Waals surface area contributed by atoms with Crippen molar-refractivity contribution in [1.29, 1.82) is 0 Å².